The van der Waals surface area contributed by atoms with Crippen molar-refractivity contribution >= 4 is 11.6 Å². The first-order chi connectivity index (χ1) is 9.86. The van der Waals surface area contributed by atoms with E-state index in [1.54, 1.807) is 6.07 Å². The van der Waals surface area contributed by atoms with Gasteiger partial charge in [0.1, 0.15) is 0 Å². The van der Waals surface area contributed by atoms with Gasteiger partial charge < -0.3 is 11.1 Å². The van der Waals surface area contributed by atoms with Gasteiger partial charge in [0.15, 0.2) is 0 Å². The standard InChI is InChI=1S/C18H22N2O/c1-18(2,3)15-9-14(10-16(19)11-15)17(21)20-12-13-7-5-4-6-8-13/h4-11H,12,19H2,1-3H3,(H,20,21). The number of nitrogen functional groups attached to an aromatic ring is 1. The van der Waals surface area contributed by atoms with Crippen LogP contribution in [0.5, 0.6) is 0 Å². The lowest BCUT2D eigenvalue weighted by molar-refractivity contribution is 0.0951. The highest BCUT2D eigenvalue weighted by molar-refractivity contribution is 5.95. The van der Waals surface area contributed by atoms with Crippen molar-refractivity contribution in [3.8, 4) is 0 Å². The number of benzene rings is 2. The van der Waals surface area contributed by atoms with Crippen LogP contribution in [0.4, 0.5) is 5.69 Å². The molecule has 0 saturated carbocycles. The van der Waals surface area contributed by atoms with Crippen LogP contribution in [0.2, 0.25) is 0 Å². The van der Waals surface area contributed by atoms with E-state index in [4.69, 9.17) is 5.73 Å². The molecule has 0 atom stereocenters. The van der Waals surface area contributed by atoms with E-state index in [1.807, 2.05) is 42.5 Å². The lowest BCUT2D eigenvalue weighted by atomic mass is 9.86. The maximum Gasteiger partial charge on any atom is 0.251 e. The zero-order valence-corrected chi connectivity index (χ0v) is 12.8. The topological polar surface area (TPSA) is 55.1 Å². The third-order valence-corrected chi connectivity index (χ3v) is 3.38. The number of nitrogens with one attached hydrogen (secondary N) is 1. The summed E-state index contributed by atoms with van der Waals surface area (Å²) >= 11 is 0. The minimum Gasteiger partial charge on any atom is -0.399 e. The van der Waals surface area contributed by atoms with Crippen molar-refractivity contribution in [2.75, 3.05) is 5.73 Å². The van der Waals surface area contributed by atoms with Gasteiger partial charge in [0, 0.05) is 17.8 Å². The highest BCUT2D eigenvalue weighted by Crippen LogP contribution is 2.25. The summed E-state index contributed by atoms with van der Waals surface area (Å²) in [6.45, 7) is 6.83. The Labute approximate surface area is 126 Å². The summed E-state index contributed by atoms with van der Waals surface area (Å²) in [7, 11) is 0. The van der Waals surface area contributed by atoms with Crippen molar-refractivity contribution in [3.05, 3.63) is 65.2 Å². The molecule has 0 heterocycles. The first-order valence-corrected chi connectivity index (χ1v) is 7.09. The molecular weight excluding hydrogens is 260 g/mol. The van der Waals surface area contributed by atoms with Gasteiger partial charge in [-0.15, -0.1) is 0 Å². The minimum atomic E-state index is -0.100. The summed E-state index contributed by atoms with van der Waals surface area (Å²) in [4.78, 5) is 12.3. The molecule has 21 heavy (non-hydrogen) atoms. The van der Waals surface area contributed by atoms with E-state index in [1.165, 1.54) is 0 Å². The summed E-state index contributed by atoms with van der Waals surface area (Å²) in [5.41, 5.74) is 9.25. The second kappa shape index (κ2) is 6.00. The van der Waals surface area contributed by atoms with Crippen molar-refractivity contribution in [2.24, 2.45) is 0 Å². The Morgan fingerprint density at radius 3 is 2.38 bits per heavy atom. The number of nitrogens with two attached hydrogens (primary N) is 1. The first kappa shape index (κ1) is 15.1. The van der Waals surface area contributed by atoms with Crippen molar-refractivity contribution < 1.29 is 4.79 Å². The second-order valence-electron chi connectivity index (χ2n) is 6.26. The van der Waals surface area contributed by atoms with Crippen LogP contribution in [0.25, 0.3) is 0 Å². The molecule has 0 aliphatic rings. The molecule has 110 valence electrons. The average molecular weight is 282 g/mol. The third-order valence-electron chi connectivity index (χ3n) is 3.38. The van der Waals surface area contributed by atoms with Gasteiger partial charge in [-0.05, 0) is 34.7 Å². The van der Waals surface area contributed by atoms with E-state index >= 15 is 0 Å². The molecule has 0 saturated heterocycles. The Bertz CT molecular complexity index is 627. The Balaban J connectivity index is 2.14. The second-order valence-corrected chi connectivity index (χ2v) is 6.26. The van der Waals surface area contributed by atoms with E-state index in [0.717, 1.165) is 11.1 Å². The van der Waals surface area contributed by atoms with Gasteiger partial charge in [-0.1, -0.05) is 51.1 Å². The van der Waals surface area contributed by atoms with Crippen LogP contribution in [0.1, 0.15) is 42.3 Å². The van der Waals surface area contributed by atoms with E-state index in [2.05, 4.69) is 26.1 Å². The molecule has 0 radical (unpaired) electrons. The molecule has 0 bridgehead atoms. The molecule has 0 aromatic heterocycles. The summed E-state index contributed by atoms with van der Waals surface area (Å²) in [6, 6.07) is 15.4. The van der Waals surface area contributed by atoms with E-state index in [9.17, 15) is 4.79 Å². The minimum absolute atomic E-state index is 0.0379. The van der Waals surface area contributed by atoms with Crippen molar-refractivity contribution in [3.63, 3.8) is 0 Å². The average Bonchev–Trinajstić information content (AvgIpc) is 2.44. The molecule has 3 N–H and O–H groups in total. The van der Waals surface area contributed by atoms with Crippen LogP contribution in [0, 0.1) is 0 Å². The quantitative estimate of drug-likeness (QED) is 0.847. The molecular formula is C18H22N2O. The normalized spacial score (nSPS) is 11.2. The number of rotatable bonds is 3. The first-order valence-electron chi connectivity index (χ1n) is 7.09. The Morgan fingerprint density at radius 2 is 1.76 bits per heavy atom. The zero-order chi connectivity index (χ0) is 15.5. The van der Waals surface area contributed by atoms with E-state index in [0.29, 0.717) is 17.8 Å². The summed E-state index contributed by atoms with van der Waals surface area (Å²) in [5.74, 6) is -0.100. The number of amides is 1. The van der Waals surface area contributed by atoms with Gasteiger partial charge >= 0.3 is 0 Å². The van der Waals surface area contributed by atoms with Gasteiger partial charge in [0.2, 0.25) is 0 Å². The number of carbonyl (C=O) groups is 1. The molecule has 0 unspecified atom stereocenters. The van der Waals surface area contributed by atoms with E-state index < -0.39 is 0 Å². The van der Waals surface area contributed by atoms with Crippen LogP contribution in [-0.2, 0) is 12.0 Å². The van der Waals surface area contributed by atoms with Crippen molar-refractivity contribution in [2.45, 2.75) is 32.7 Å². The summed E-state index contributed by atoms with van der Waals surface area (Å²) in [6.07, 6.45) is 0. The highest BCUT2D eigenvalue weighted by atomic mass is 16.1. The predicted octanol–water partition coefficient (Wildman–Crippen LogP) is 3.50. The van der Waals surface area contributed by atoms with Crippen LogP contribution in [0.15, 0.2) is 48.5 Å². The summed E-state index contributed by atoms with van der Waals surface area (Å²) in [5, 5.41) is 2.93. The third kappa shape index (κ3) is 4.09. The molecule has 3 heteroatoms. The Kier molecular flexibility index (Phi) is 4.32. The van der Waals surface area contributed by atoms with Crippen molar-refractivity contribution in [1.29, 1.82) is 0 Å². The number of carbonyl (C=O) groups excluding carboxylic acids is 1. The number of hydrogen-bond acceptors (Lipinski definition) is 2. The fourth-order valence-corrected chi connectivity index (χ4v) is 2.10. The lowest BCUT2D eigenvalue weighted by Crippen LogP contribution is -2.23. The maximum absolute atomic E-state index is 12.3. The molecule has 1 amide bonds. The fourth-order valence-electron chi connectivity index (χ4n) is 2.10. The van der Waals surface area contributed by atoms with Crippen molar-refractivity contribution in [1.82, 2.24) is 5.32 Å². The van der Waals surface area contributed by atoms with Crippen LogP contribution >= 0.6 is 0 Å². The molecule has 3 nitrogen and oxygen atoms in total. The van der Waals surface area contributed by atoms with Crippen LogP contribution < -0.4 is 11.1 Å². The summed E-state index contributed by atoms with van der Waals surface area (Å²) < 4.78 is 0. The number of anilines is 1. The smallest absolute Gasteiger partial charge is 0.251 e. The number of hydrogen-bond donors (Lipinski definition) is 2. The maximum atomic E-state index is 12.3. The predicted molar refractivity (Wildman–Crippen MR) is 87.2 cm³/mol. The molecule has 0 aliphatic heterocycles. The van der Waals surface area contributed by atoms with Gasteiger partial charge in [-0.2, -0.15) is 0 Å². The highest BCUT2D eigenvalue weighted by Gasteiger charge is 2.17. The SMILES string of the molecule is CC(C)(C)c1cc(N)cc(C(=O)NCc2ccccc2)c1. The molecule has 2 aromatic rings. The largest absolute Gasteiger partial charge is 0.399 e. The van der Waals surface area contributed by atoms with Gasteiger partial charge in [-0.3, -0.25) is 4.79 Å². The van der Waals surface area contributed by atoms with Gasteiger partial charge in [0.25, 0.3) is 5.91 Å². The van der Waals surface area contributed by atoms with Crippen LogP contribution in [0.3, 0.4) is 0 Å². The van der Waals surface area contributed by atoms with Gasteiger partial charge in [-0.25, -0.2) is 0 Å². The molecule has 0 fully saturated rings. The molecule has 2 aromatic carbocycles. The molecule has 2 rings (SSSR count). The Hall–Kier alpha value is -2.29. The zero-order valence-electron chi connectivity index (χ0n) is 12.8. The van der Waals surface area contributed by atoms with E-state index in [-0.39, 0.29) is 11.3 Å². The van der Waals surface area contributed by atoms with Gasteiger partial charge in [0.05, 0.1) is 0 Å². The monoisotopic (exact) mass is 282 g/mol. The molecule has 0 aliphatic carbocycles. The fraction of sp³-hybridized carbons (Fsp3) is 0.278. The van der Waals surface area contributed by atoms with Crippen LogP contribution in [-0.4, -0.2) is 5.91 Å². The molecule has 0 spiro atoms. The lowest BCUT2D eigenvalue weighted by Gasteiger charge is -2.20. The Morgan fingerprint density at radius 1 is 1.10 bits per heavy atom.